The van der Waals surface area contributed by atoms with Gasteiger partial charge < -0.3 is 10.6 Å². The van der Waals surface area contributed by atoms with Gasteiger partial charge in [0.15, 0.2) is 0 Å². The van der Waals surface area contributed by atoms with Gasteiger partial charge in [0.1, 0.15) is 11.2 Å². The highest BCUT2D eigenvalue weighted by Gasteiger charge is 2.36. The molecular weight excluding hydrogens is 354 g/mol. The molecule has 0 atom stereocenters. The SMILES string of the molecule is CC(C)(C(=O)Nc1ccc(F)cc1)C(=O)Nc1cccc(Cl)c1Cl. The van der Waals surface area contributed by atoms with Crippen LogP contribution in [0.3, 0.4) is 0 Å². The van der Waals surface area contributed by atoms with Crippen LogP contribution in [-0.2, 0) is 9.59 Å². The van der Waals surface area contributed by atoms with E-state index in [-0.39, 0.29) is 5.02 Å². The van der Waals surface area contributed by atoms with Crippen molar-refractivity contribution in [1.29, 1.82) is 0 Å². The van der Waals surface area contributed by atoms with Gasteiger partial charge in [-0.1, -0.05) is 29.3 Å². The van der Waals surface area contributed by atoms with E-state index in [1.54, 1.807) is 18.2 Å². The van der Waals surface area contributed by atoms with Crippen LogP contribution >= 0.6 is 23.2 Å². The minimum atomic E-state index is -1.39. The number of rotatable bonds is 4. The van der Waals surface area contributed by atoms with Crippen LogP contribution in [0, 0.1) is 11.2 Å². The summed E-state index contributed by atoms with van der Waals surface area (Å²) in [5.74, 6) is -1.50. The van der Waals surface area contributed by atoms with Crippen molar-refractivity contribution in [1.82, 2.24) is 0 Å². The minimum Gasteiger partial charge on any atom is -0.325 e. The first kappa shape index (κ1) is 18.2. The Hall–Kier alpha value is -2.11. The Balaban J connectivity index is 2.12. The molecule has 0 aliphatic carbocycles. The second kappa shape index (κ2) is 7.20. The third-order valence-electron chi connectivity index (χ3n) is 3.44. The summed E-state index contributed by atoms with van der Waals surface area (Å²) in [6.07, 6.45) is 0. The molecule has 7 heteroatoms. The molecule has 0 spiro atoms. The van der Waals surface area contributed by atoms with Crippen LogP contribution < -0.4 is 10.6 Å². The topological polar surface area (TPSA) is 58.2 Å². The first-order valence-corrected chi connectivity index (χ1v) is 7.80. The number of hydrogen-bond acceptors (Lipinski definition) is 2. The lowest BCUT2D eigenvalue weighted by Crippen LogP contribution is -2.41. The Morgan fingerprint density at radius 1 is 0.958 bits per heavy atom. The van der Waals surface area contributed by atoms with Crippen molar-refractivity contribution in [3.05, 3.63) is 58.3 Å². The minimum absolute atomic E-state index is 0.197. The molecule has 0 saturated carbocycles. The number of carbonyl (C=O) groups is 2. The van der Waals surface area contributed by atoms with Crippen LogP contribution in [0.1, 0.15) is 13.8 Å². The highest BCUT2D eigenvalue weighted by atomic mass is 35.5. The van der Waals surface area contributed by atoms with Crippen molar-refractivity contribution in [3.8, 4) is 0 Å². The van der Waals surface area contributed by atoms with Crippen molar-refractivity contribution in [2.24, 2.45) is 5.41 Å². The zero-order valence-corrected chi connectivity index (χ0v) is 14.5. The zero-order valence-electron chi connectivity index (χ0n) is 13.0. The lowest BCUT2D eigenvalue weighted by molar-refractivity contribution is -0.135. The largest absolute Gasteiger partial charge is 0.325 e. The predicted molar refractivity (Wildman–Crippen MR) is 93.9 cm³/mol. The van der Waals surface area contributed by atoms with Crippen LogP contribution in [-0.4, -0.2) is 11.8 Å². The normalized spacial score (nSPS) is 11.0. The summed E-state index contributed by atoms with van der Waals surface area (Å²) in [4.78, 5) is 24.8. The molecule has 0 saturated heterocycles. The van der Waals surface area contributed by atoms with Gasteiger partial charge in [-0.3, -0.25) is 9.59 Å². The summed E-state index contributed by atoms with van der Waals surface area (Å²) in [6, 6.07) is 10.1. The maximum atomic E-state index is 12.9. The third kappa shape index (κ3) is 4.04. The number of carbonyl (C=O) groups excluding carboxylic acids is 2. The maximum Gasteiger partial charge on any atom is 0.239 e. The van der Waals surface area contributed by atoms with Gasteiger partial charge in [0, 0.05) is 5.69 Å². The summed E-state index contributed by atoms with van der Waals surface area (Å²) in [7, 11) is 0. The van der Waals surface area contributed by atoms with E-state index in [9.17, 15) is 14.0 Å². The number of hydrogen-bond donors (Lipinski definition) is 2. The van der Waals surface area contributed by atoms with Crippen LogP contribution in [0.25, 0.3) is 0 Å². The average Bonchev–Trinajstić information content (AvgIpc) is 2.53. The van der Waals surface area contributed by atoms with Crippen LogP contribution in [0.4, 0.5) is 15.8 Å². The highest BCUT2D eigenvalue weighted by Crippen LogP contribution is 2.31. The molecule has 0 aliphatic rings. The number of halogens is 3. The molecule has 2 rings (SSSR count). The van der Waals surface area contributed by atoms with Crippen molar-refractivity contribution >= 4 is 46.4 Å². The molecule has 2 aromatic carbocycles. The van der Waals surface area contributed by atoms with E-state index in [1.165, 1.54) is 38.1 Å². The van der Waals surface area contributed by atoms with E-state index in [1.807, 2.05) is 0 Å². The molecule has 0 radical (unpaired) electrons. The molecule has 0 bridgehead atoms. The Morgan fingerprint density at radius 2 is 1.54 bits per heavy atom. The standard InChI is InChI=1S/C17H15Cl2FN2O2/c1-17(2,15(23)21-11-8-6-10(20)7-9-11)16(24)22-13-5-3-4-12(18)14(13)19/h3-9H,1-2H3,(H,21,23)(H,22,24). The molecule has 24 heavy (non-hydrogen) atoms. The van der Waals surface area contributed by atoms with E-state index in [0.29, 0.717) is 16.4 Å². The number of benzene rings is 2. The molecule has 0 heterocycles. The first-order valence-electron chi connectivity index (χ1n) is 7.04. The van der Waals surface area contributed by atoms with Crippen molar-refractivity contribution in [2.45, 2.75) is 13.8 Å². The Kier molecular flexibility index (Phi) is 5.47. The van der Waals surface area contributed by atoms with Gasteiger partial charge in [0.2, 0.25) is 11.8 Å². The van der Waals surface area contributed by atoms with Crippen molar-refractivity contribution in [2.75, 3.05) is 10.6 Å². The fourth-order valence-electron chi connectivity index (χ4n) is 1.80. The smallest absolute Gasteiger partial charge is 0.239 e. The predicted octanol–water partition coefficient (Wildman–Crippen LogP) is 4.74. The van der Waals surface area contributed by atoms with Crippen LogP contribution in [0.2, 0.25) is 10.0 Å². The molecule has 0 aromatic heterocycles. The Bertz CT molecular complexity index is 777. The fourth-order valence-corrected chi connectivity index (χ4v) is 2.15. The zero-order chi connectivity index (χ0) is 17.9. The van der Waals surface area contributed by atoms with Gasteiger partial charge >= 0.3 is 0 Å². The van der Waals surface area contributed by atoms with Crippen molar-refractivity contribution in [3.63, 3.8) is 0 Å². The number of anilines is 2. The highest BCUT2D eigenvalue weighted by molar-refractivity contribution is 6.44. The molecule has 2 N–H and O–H groups in total. The molecule has 4 nitrogen and oxygen atoms in total. The van der Waals surface area contributed by atoms with E-state index in [0.717, 1.165) is 0 Å². The van der Waals surface area contributed by atoms with Crippen molar-refractivity contribution < 1.29 is 14.0 Å². The number of nitrogens with one attached hydrogen (secondary N) is 2. The number of amides is 2. The first-order chi connectivity index (χ1) is 11.2. The van der Waals surface area contributed by atoms with Crippen LogP contribution in [0.5, 0.6) is 0 Å². The summed E-state index contributed by atoms with van der Waals surface area (Å²) in [5.41, 5.74) is -0.681. The van der Waals surface area contributed by atoms with Gasteiger partial charge in [-0.2, -0.15) is 0 Å². The van der Waals surface area contributed by atoms with E-state index in [2.05, 4.69) is 10.6 Å². The molecule has 0 aliphatic heterocycles. The van der Waals surface area contributed by atoms with Gasteiger partial charge in [0.05, 0.1) is 15.7 Å². The summed E-state index contributed by atoms with van der Waals surface area (Å²) >= 11 is 11.9. The van der Waals surface area contributed by atoms with Gasteiger partial charge in [0.25, 0.3) is 0 Å². The second-order valence-electron chi connectivity index (χ2n) is 5.64. The molecule has 2 aromatic rings. The molecule has 2 amide bonds. The maximum absolute atomic E-state index is 12.9. The quantitative estimate of drug-likeness (QED) is 0.765. The summed E-state index contributed by atoms with van der Waals surface area (Å²) in [5, 5.41) is 5.66. The second-order valence-corrected chi connectivity index (χ2v) is 6.43. The van der Waals surface area contributed by atoms with E-state index < -0.39 is 23.0 Å². The lowest BCUT2D eigenvalue weighted by atomic mass is 9.90. The Morgan fingerprint density at radius 3 is 2.17 bits per heavy atom. The monoisotopic (exact) mass is 368 g/mol. The van der Waals surface area contributed by atoms with Gasteiger partial charge in [-0.15, -0.1) is 0 Å². The summed E-state index contributed by atoms with van der Waals surface area (Å²) in [6.45, 7) is 2.94. The van der Waals surface area contributed by atoms with Gasteiger partial charge in [-0.25, -0.2) is 4.39 Å². The van der Waals surface area contributed by atoms with Gasteiger partial charge in [-0.05, 0) is 50.2 Å². The molecular formula is C17H15Cl2FN2O2. The fraction of sp³-hybridized carbons (Fsp3) is 0.176. The molecule has 0 fully saturated rings. The van der Waals surface area contributed by atoms with E-state index >= 15 is 0 Å². The molecule has 126 valence electrons. The molecule has 0 unspecified atom stereocenters. The average molecular weight is 369 g/mol. The summed E-state index contributed by atoms with van der Waals surface area (Å²) < 4.78 is 12.9. The third-order valence-corrected chi connectivity index (χ3v) is 4.26. The van der Waals surface area contributed by atoms with E-state index in [4.69, 9.17) is 23.2 Å². The van der Waals surface area contributed by atoms with Crippen LogP contribution in [0.15, 0.2) is 42.5 Å². The lowest BCUT2D eigenvalue weighted by Gasteiger charge is -2.23. The Labute approximate surface area is 149 Å².